The van der Waals surface area contributed by atoms with Crippen molar-refractivity contribution < 1.29 is 9.18 Å². The molecule has 1 aromatic heterocycles. The molecule has 0 aliphatic rings. The highest BCUT2D eigenvalue weighted by Crippen LogP contribution is 2.16. The van der Waals surface area contributed by atoms with Gasteiger partial charge in [-0.1, -0.05) is 12.1 Å². The van der Waals surface area contributed by atoms with Crippen molar-refractivity contribution in [2.75, 3.05) is 11.9 Å². The summed E-state index contributed by atoms with van der Waals surface area (Å²) in [5.41, 5.74) is 1.61. The van der Waals surface area contributed by atoms with E-state index in [1.54, 1.807) is 30.3 Å². The molecule has 0 fully saturated rings. The summed E-state index contributed by atoms with van der Waals surface area (Å²) in [6, 6.07) is 9.41. The van der Waals surface area contributed by atoms with E-state index in [0.29, 0.717) is 23.6 Å². The van der Waals surface area contributed by atoms with E-state index >= 15 is 0 Å². The minimum atomic E-state index is -0.316. The third kappa shape index (κ3) is 3.65. The molecule has 0 aliphatic carbocycles. The first-order valence-corrected chi connectivity index (χ1v) is 6.07. The standard InChI is InChI=1S/C15H14FN3O/c1-2-8-17-15(20)14-7-6-13(10-18-14)19-12-5-3-4-11(16)9-12/h2-7,9-10,19H,1,8H2,(H,17,20). The molecule has 1 heterocycles. The topological polar surface area (TPSA) is 54.0 Å². The van der Waals surface area contributed by atoms with Crippen LogP contribution in [0.1, 0.15) is 10.5 Å². The fourth-order valence-electron chi connectivity index (χ4n) is 1.59. The molecule has 1 amide bonds. The molecular weight excluding hydrogens is 257 g/mol. The second-order valence-electron chi connectivity index (χ2n) is 4.07. The molecule has 0 saturated carbocycles. The number of aromatic nitrogens is 1. The first kappa shape index (κ1) is 13.7. The predicted octanol–water partition coefficient (Wildman–Crippen LogP) is 2.88. The van der Waals surface area contributed by atoms with Crippen molar-refractivity contribution >= 4 is 17.3 Å². The number of carbonyl (C=O) groups is 1. The smallest absolute Gasteiger partial charge is 0.270 e. The molecule has 0 saturated heterocycles. The number of hydrogen-bond acceptors (Lipinski definition) is 3. The molecule has 0 atom stereocenters. The first-order chi connectivity index (χ1) is 9.69. The molecular formula is C15H14FN3O. The van der Waals surface area contributed by atoms with Crippen LogP contribution in [0.5, 0.6) is 0 Å². The summed E-state index contributed by atoms with van der Waals surface area (Å²) in [5, 5.41) is 5.64. The van der Waals surface area contributed by atoms with E-state index in [1.807, 2.05) is 0 Å². The van der Waals surface area contributed by atoms with Crippen LogP contribution in [0.15, 0.2) is 55.3 Å². The molecule has 0 unspecified atom stereocenters. The highest BCUT2D eigenvalue weighted by Gasteiger charge is 2.05. The molecule has 2 aromatic rings. The van der Waals surface area contributed by atoms with Gasteiger partial charge in [-0.15, -0.1) is 6.58 Å². The number of nitrogens with zero attached hydrogens (tertiary/aromatic N) is 1. The third-order valence-corrected chi connectivity index (χ3v) is 2.52. The minimum Gasteiger partial charge on any atom is -0.354 e. The van der Waals surface area contributed by atoms with Crippen LogP contribution in [0.25, 0.3) is 0 Å². The van der Waals surface area contributed by atoms with Gasteiger partial charge in [0.25, 0.3) is 5.91 Å². The number of anilines is 2. The summed E-state index contributed by atoms with van der Waals surface area (Å²) in [5.74, 6) is -0.578. The molecule has 0 aliphatic heterocycles. The summed E-state index contributed by atoms with van der Waals surface area (Å²) in [6.07, 6.45) is 3.12. The fraction of sp³-hybridized carbons (Fsp3) is 0.0667. The second-order valence-corrected chi connectivity index (χ2v) is 4.07. The van der Waals surface area contributed by atoms with E-state index in [1.165, 1.54) is 18.3 Å². The van der Waals surface area contributed by atoms with E-state index in [0.717, 1.165) is 0 Å². The number of benzene rings is 1. The van der Waals surface area contributed by atoms with Gasteiger partial charge in [-0.2, -0.15) is 0 Å². The zero-order chi connectivity index (χ0) is 14.4. The molecule has 5 heteroatoms. The van der Waals surface area contributed by atoms with Crippen LogP contribution < -0.4 is 10.6 Å². The average molecular weight is 271 g/mol. The summed E-state index contributed by atoms with van der Waals surface area (Å²) in [7, 11) is 0. The van der Waals surface area contributed by atoms with Crippen molar-refractivity contribution in [1.29, 1.82) is 0 Å². The van der Waals surface area contributed by atoms with Gasteiger partial charge in [0, 0.05) is 12.2 Å². The Hall–Kier alpha value is -2.69. The lowest BCUT2D eigenvalue weighted by Gasteiger charge is -2.07. The van der Waals surface area contributed by atoms with Crippen LogP contribution in [0.2, 0.25) is 0 Å². The van der Waals surface area contributed by atoms with Gasteiger partial charge in [0.15, 0.2) is 0 Å². The van der Waals surface area contributed by atoms with Gasteiger partial charge < -0.3 is 10.6 Å². The lowest BCUT2D eigenvalue weighted by Crippen LogP contribution is -2.24. The summed E-state index contributed by atoms with van der Waals surface area (Å²) in [4.78, 5) is 15.7. The van der Waals surface area contributed by atoms with Crippen molar-refractivity contribution in [1.82, 2.24) is 10.3 Å². The van der Waals surface area contributed by atoms with E-state index in [-0.39, 0.29) is 11.7 Å². The van der Waals surface area contributed by atoms with Crippen molar-refractivity contribution in [2.24, 2.45) is 0 Å². The number of pyridine rings is 1. The summed E-state index contributed by atoms with van der Waals surface area (Å²) >= 11 is 0. The molecule has 0 spiro atoms. The molecule has 0 radical (unpaired) electrons. The Morgan fingerprint density at radius 3 is 2.80 bits per heavy atom. The Bertz CT molecular complexity index is 611. The molecule has 102 valence electrons. The molecule has 2 rings (SSSR count). The van der Waals surface area contributed by atoms with Gasteiger partial charge in [-0.3, -0.25) is 4.79 Å². The van der Waals surface area contributed by atoms with Gasteiger partial charge in [0.2, 0.25) is 0 Å². The van der Waals surface area contributed by atoms with E-state index < -0.39 is 0 Å². The van der Waals surface area contributed by atoms with E-state index in [4.69, 9.17) is 0 Å². The lowest BCUT2D eigenvalue weighted by atomic mass is 10.2. The largest absolute Gasteiger partial charge is 0.354 e. The highest BCUT2D eigenvalue weighted by molar-refractivity contribution is 5.92. The third-order valence-electron chi connectivity index (χ3n) is 2.52. The predicted molar refractivity (Wildman–Crippen MR) is 76.4 cm³/mol. The van der Waals surface area contributed by atoms with Crippen LogP contribution in [0.3, 0.4) is 0 Å². The number of nitrogens with one attached hydrogen (secondary N) is 2. The van der Waals surface area contributed by atoms with Gasteiger partial charge >= 0.3 is 0 Å². The Balaban J connectivity index is 2.04. The maximum atomic E-state index is 13.0. The Labute approximate surface area is 116 Å². The normalized spacial score (nSPS) is 9.85. The Morgan fingerprint density at radius 1 is 1.30 bits per heavy atom. The maximum absolute atomic E-state index is 13.0. The summed E-state index contributed by atoms with van der Waals surface area (Å²) < 4.78 is 13.0. The van der Waals surface area contributed by atoms with Crippen LogP contribution in [0, 0.1) is 5.82 Å². The quantitative estimate of drug-likeness (QED) is 0.822. The molecule has 20 heavy (non-hydrogen) atoms. The van der Waals surface area contributed by atoms with Crippen LogP contribution >= 0.6 is 0 Å². The van der Waals surface area contributed by atoms with Crippen molar-refractivity contribution in [2.45, 2.75) is 0 Å². The van der Waals surface area contributed by atoms with Crippen LogP contribution in [-0.4, -0.2) is 17.4 Å². The van der Waals surface area contributed by atoms with Crippen molar-refractivity contribution in [3.63, 3.8) is 0 Å². The lowest BCUT2D eigenvalue weighted by molar-refractivity contribution is 0.0953. The number of rotatable bonds is 5. The van der Waals surface area contributed by atoms with Gasteiger partial charge in [-0.05, 0) is 30.3 Å². The molecule has 2 N–H and O–H groups in total. The molecule has 4 nitrogen and oxygen atoms in total. The van der Waals surface area contributed by atoms with E-state index in [2.05, 4.69) is 22.2 Å². The molecule has 1 aromatic carbocycles. The minimum absolute atomic E-state index is 0.262. The van der Waals surface area contributed by atoms with E-state index in [9.17, 15) is 9.18 Å². The van der Waals surface area contributed by atoms with Gasteiger partial charge in [0.1, 0.15) is 11.5 Å². The first-order valence-electron chi connectivity index (χ1n) is 6.07. The number of amides is 1. The Kier molecular flexibility index (Phi) is 4.44. The molecule has 0 bridgehead atoms. The van der Waals surface area contributed by atoms with Crippen LogP contribution in [0.4, 0.5) is 15.8 Å². The van der Waals surface area contributed by atoms with Gasteiger partial charge in [0.05, 0.1) is 11.9 Å². The monoisotopic (exact) mass is 271 g/mol. The average Bonchev–Trinajstić information content (AvgIpc) is 2.45. The van der Waals surface area contributed by atoms with Gasteiger partial charge in [-0.25, -0.2) is 9.37 Å². The fourth-order valence-corrected chi connectivity index (χ4v) is 1.59. The highest BCUT2D eigenvalue weighted by atomic mass is 19.1. The zero-order valence-corrected chi connectivity index (χ0v) is 10.8. The number of hydrogen-bond donors (Lipinski definition) is 2. The van der Waals surface area contributed by atoms with Crippen molar-refractivity contribution in [3.05, 3.63) is 66.8 Å². The maximum Gasteiger partial charge on any atom is 0.270 e. The number of carbonyl (C=O) groups excluding carboxylic acids is 1. The van der Waals surface area contributed by atoms with Crippen LogP contribution in [-0.2, 0) is 0 Å². The van der Waals surface area contributed by atoms with Crippen molar-refractivity contribution in [3.8, 4) is 0 Å². The SMILES string of the molecule is C=CCNC(=O)c1ccc(Nc2cccc(F)c2)cn1. The second kappa shape index (κ2) is 6.47. The number of halogens is 1. The Morgan fingerprint density at radius 2 is 2.15 bits per heavy atom. The summed E-state index contributed by atoms with van der Waals surface area (Å²) in [6.45, 7) is 3.91. The zero-order valence-electron chi connectivity index (χ0n) is 10.8.